The molecule has 59 heavy (non-hydrogen) atoms. The van der Waals surface area contributed by atoms with E-state index in [9.17, 15) is 34.5 Å². The van der Waals surface area contributed by atoms with Crippen molar-refractivity contribution < 1.29 is 72.4 Å². The first-order valence-corrected chi connectivity index (χ1v) is 20.3. The number of carbonyl (C=O) groups excluding carboxylic acids is 4. The van der Waals surface area contributed by atoms with Crippen LogP contribution < -0.4 is 27.0 Å². The Kier molecular flexibility index (Phi) is 17.1. The third kappa shape index (κ3) is 16.3. The van der Waals surface area contributed by atoms with Crippen LogP contribution in [0.3, 0.4) is 0 Å². The van der Waals surface area contributed by atoms with E-state index in [-0.39, 0.29) is 25.8 Å². The van der Waals surface area contributed by atoms with E-state index in [0.717, 1.165) is 0 Å². The number of hydrogen-bond acceptors (Lipinski definition) is 16. The third-order valence-corrected chi connectivity index (χ3v) is 9.12. The number of alkyl carbamates (subject to hydrolysis) is 4. The minimum Gasteiger partial charge on any atom is -0.444 e. The van der Waals surface area contributed by atoms with Crippen LogP contribution in [0.2, 0.25) is 0 Å². The summed E-state index contributed by atoms with van der Waals surface area (Å²) in [5, 5.41) is 45.3. The lowest BCUT2D eigenvalue weighted by Crippen LogP contribution is -2.69. The molecule has 9 N–H and O–H groups in total. The SMILES string of the molecule is CCC1O[C@H](O[C@@H]2C(O)C(O[C@H]3OC(CNC(=O)OC(C)(C)C)CCC3NC(=O)OC(C)(C)C)[C@H](NC(=O)OC(C)(C)C)C[C@H]2N)C(O)[C@@H](NC(=O)OC(C)(C)C)[C@H]1O. The molecule has 4 amide bonds. The van der Waals surface area contributed by atoms with Crippen molar-refractivity contribution in [2.45, 2.75) is 218 Å². The van der Waals surface area contributed by atoms with Crippen molar-refractivity contribution in [1.29, 1.82) is 0 Å². The molecule has 3 rings (SSSR count). The molecule has 6 unspecified atom stereocenters. The van der Waals surface area contributed by atoms with Gasteiger partial charge in [-0.1, -0.05) is 6.92 Å². The zero-order chi connectivity index (χ0) is 44.8. The van der Waals surface area contributed by atoms with Crippen LogP contribution in [0.1, 0.15) is 116 Å². The standard InChI is InChI=1S/C39H71N5O15/c1-14-23-25(45)24(44-35(51)59-39(11,12)13)26(46)31(53-23)54-28-20(40)17-22(43-34(50)58-38(8,9)10)29(27(28)47)55-30-21(42-33(49)57-37(5,6)7)16-15-19(52-30)18-41-32(48)56-36(2,3)4/h19-31,45-47H,14-18,40H2,1-13H3,(H,41,48)(H,42,49)(H,43,50)(H,44,51)/t19?,20-,21?,22-,23?,24+,25+,26?,27?,28+,29?,30-,31-/m1/s1. The Hall–Kier alpha value is -3.24. The van der Waals surface area contributed by atoms with E-state index >= 15 is 0 Å². The van der Waals surface area contributed by atoms with E-state index in [0.29, 0.717) is 6.42 Å². The molecule has 13 atom stereocenters. The van der Waals surface area contributed by atoms with Crippen molar-refractivity contribution in [3.05, 3.63) is 0 Å². The molecule has 1 aliphatic carbocycles. The fraction of sp³-hybridized carbons (Fsp3) is 0.897. The lowest BCUT2D eigenvalue weighted by atomic mass is 9.83. The second kappa shape index (κ2) is 20.1. The maximum absolute atomic E-state index is 13.2. The van der Waals surface area contributed by atoms with E-state index in [4.69, 9.17) is 43.6 Å². The molecule has 0 aromatic heterocycles. The highest BCUT2D eigenvalue weighted by molar-refractivity contribution is 5.69. The number of aliphatic hydroxyl groups excluding tert-OH is 3. The molecule has 342 valence electrons. The minimum absolute atomic E-state index is 0.0111. The minimum atomic E-state index is -1.67. The first kappa shape index (κ1) is 50.1. The average Bonchev–Trinajstić information content (AvgIpc) is 3.04. The van der Waals surface area contributed by atoms with Gasteiger partial charge in [0.25, 0.3) is 0 Å². The van der Waals surface area contributed by atoms with Crippen LogP contribution in [0.25, 0.3) is 0 Å². The van der Waals surface area contributed by atoms with Crippen LogP contribution in [0, 0.1) is 0 Å². The predicted molar refractivity (Wildman–Crippen MR) is 211 cm³/mol. The van der Waals surface area contributed by atoms with Crippen LogP contribution in [0.15, 0.2) is 0 Å². The summed E-state index contributed by atoms with van der Waals surface area (Å²) in [5.74, 6) is 0. The molecule has 2 aliphatic heterocycles. The lowest BCUT2D eigenvalue weighted by Gasteiger charge is -2.49. The second-order valence-electron chi connectivity index (χ2n) is 19.3. The second-order valence-corrected chi connectivity index (χ2v) is 19.3. The first-order valence-electron chi connectivity index (χ1n) is 20.3. The Morgan fingerprint density at radius 1 is 0.610 bits per heavy atom. The van der Waals surface area contributed by atoms with Crippen molar-refractivity contribution in [2.24, 2.45) is 5.73 Å². The third-order valence-electron chi connectivity index (χ3n) is 9.12. The van der Waals surface area contributed by atoms with Gasteiger partial charge in [0.05, 0.1) is 30.3 Å². The van der Waals surface area contributed by atoms with E-state index in [1.54, 1.807) is 90.0 Å². The number of nitrogens with one attached hydrogen (secondary N) is 4. The van der Waals surface area contributed by atoms with Gasteiger partial charge in [-0.2, -0.15) is 0 Å². The average molecular weight is 850 g/mol. The quantitative estimate of drug-likeness (QED) is 0.147. The van der Waals surface area contributed by atoms with Crippen molar-refractivity contribution in [1.82, 2.24) is 21.3 Å². The van der Waals surface area contributed by atoms with Gasteiger partial charge in [-0.25, -0.2) is 19.2 Å². The topological polar surface area (TPSA) is 277 Å². The number of nitrogens with two attached hydrogens (primary N) is 1. The van der Waals surface area contributed by atoms with Crippen LogP contribution in [0.4, 0.5) is 19.2 Å². The molecule has 20 heteroatoms. The maximum Gasteiger partial charge on any atom is 0.408 e. The van der Waals surface area contributed by atoms with E-state index in [2.05, 4.69) is 21.3 Å². The highest BCUT2D eigenvalue weighted by atomic mass is 16.7. The number of amides is 4. The number of hydrogen-bond donors (Lipinski definition) is 8. The molecule has 0 spiro atoms. The molecular weight excluding hydrogens is 778 g/mol. The molecule has 0 aromatic rings. The van der Waals surface area contributed by atoms with Crippen LogP contribution in [0.5, 0.6) is 0 Å². The summed E-state index contributed by atoms with van der Waals surface area (Å²) in [6, 6.07) is -4.19. The summed E-state index contributed by atoms with van der Waals surface area (Å²) in [6.45, 7) is 22.1. The molecule has 2 saturated heterocycles. The van der Waals surface area contributed by atoms with E-state index in [1.165, 1.54) is 0 Å². The Bertz CT molecular complexity index is 1410. The van der Waals surface area contributed by atoms with Gasteiger partial charge < -0.3 is 80.2 Å². The van der Waals surface area contributed by atoms with Gasteiger partial charge in [-0.05, 0) is 109 Å². The molecule has 1 saturated carbocycles. The van der Waals surface area contributed by atoms with Crippen LogP contribution in [-0.2, 0) is 37.9 Å². The Labute approximate surface area is 347 Å². The summed E-state index contributed by atoms with van der Waals surface area (Å²) in [6.07, 6.45) is -14.1. The van der Waals surface area contributed by atoms with Crippen molar-refractivity contribution >= 4 is 24.4 Å². The first-order chi connectivity index (χ1) is 26.9. The molecule has 0 bridgehead atoms. The monoisotopic (exact) mass is 849 g/mol. The number of ether oxygens (including phenoxy) is 8. The summed E-state index contributed by atoms with van der Waals surface area (Å²) in [5.41, 5.74) is 3.28. The normalized spacial score (nSPS) is 33.2. The van der Waals surface area contributed by atoms with Crippen molar-refractivity contribution in [3.8, 4) is 0 Å². The lowest BCUT2D eigenvalue weighted by molar-refractivity contribution is -0.313. The smallest absolute Gasteiger partial charge is 0.408 e. The zero-order valence-corrected chi connectivity index (χ0v) is 36.9. The van der Waals surface area contributed by atoms with Gasteiger partial charge in [0.2, 0.25) is 0 Å². The van der Waals surface area contributed by atoms with Crippen LogP contribution >= 0.6 is 0 Å². The highest BCUT2D eigenvalue weighted by Gasteiger charge is 2.52. The van der Waals surface area contributed by atoms with Gasteiger partial charge in [-0.15, -0.1) is 0 Å². The summed E-state index contributed by atoms with van der Waals surface area (Å²) >= 11 is 0. The van der Waals surface area contributed by atoms with Crippen LogP contribution in [-0.4, -0.2) is 148 Å². The molecule has 3 fully saturated rings. The number of rotatable bonds is 10. The summed E-state index contributed by atoms with van der Waals surface area (Å²) in [4.78, 5) is 51.4. The van der Waals surface area contributed by atoms with Crippen molar-refractivity contribution in [3.63, 3.8) is 0 Å². The molecule has 0 aromatic carbocycles. The number of aliphatic hydroxyl groups is 3. The Balaban J connectivity index is 1.95. The van der Waals surface area contributed by atoms with E-state index < -0.39 is 126 Å². The molecule has 2 heterocycles. The van der Waals surface area contributed by atoms with E-state index in [1.807, 2.05) is 0 Å². The summed E-state index contributed by atoms with van der Waals surface area (Å²) < 4.78 is 46.7. The fourth-order valence-electron chi connectivity index (χ4n) is 6.75. The van der Waals surface area contributed by atoms with Gasteiger partial charge in [0.15, 0.2) is 12.6 Å². The number of carbonyl (C=O) groups is 4. The zero-order valence-electron chi connectivity index (χ0n) is 36.9. The molecule has 0 radical (unpaired) electrons. The fourth-order valence-corrected chi connectivity index (χ4v) is 6.75. The molecular formula is C39H71N5O15. The Morgan fingerprint density at radius 3 is 1.59 bits per heavy atom. The molecule has 20 nitrogen and oxygen atoms in total. The van der Waals surface area contributed by atoms with Gasteiger partial charge in [0, 0.05) is 12.6 Å². The largest absolute Gasteiger partial charge is 0.444 e. The summed E-state index contributed by atoms with van der Waals surface area (Å²) in [7, 11) is 0. The Morgan fingerprint density at radius 2 is 1.08 bits per heavy atom. The maximum atomic E-state index is 13.2. The van der Waals surface area contributed by atoms with Crippen molar-refractivity contribution in [2.75, 3.05) is 6.54 Å². The molecule has 3 aliphatic rings. The highest BCUT2D eigenvalue weighted by Crippen LogP contribution is 2.33. The van der Waals surface area contributed by atoms with Gasteiger partial charge in [0.1, 0.15) is 52.9 Å². The predicted octanol–water partition coefficient (Wildman–Crippen LogP) is 2.42. The van der Waals surface area contributed by atoms with Gasteiger partial charge in [-0.3, -0.25) is 0 Å². The van der Waals surface area contributed by atoms with Gasteiger partial charge >= 0.3 is 24.4 Å².